The van der Waals surface area contributed by atoms with E-state index in [1.54, 1.807) is 4.90 Å². The summed E-state index contributed by atoms with van der Waals surface area (Å²) < 4.78 is 16.5. The van der Waals surface area contributed by atoms with Crippen molar-refractivity contribution in [3.8, 4) is 5.75 Å². The topological polar surface area (TPSA) is 91.1 Å². The highest BCUT2D eigenvalue weighted by Gasteiger charge is 2.31. The molecule has 0 aliphatic carbocycles. The van der Waals surface area contributed by atoms with Gasteiger partial charge in [0.1, 0.15) is 5.75 Å². The molecule has 2 saturated heterocycles. The molecule has 3 rings (SSSR count). The Morgan fingerprint density at radius 3 is 2.42 bits per heavy atom. The van der Waals surface area contributed by atoms with Gasteiger partial charge in [0.25, 0.3) is 11.6 Å². The normalized spacial score (nSPS) is 19.4. The van der Waals surface area contributed by atoms with Gasteiger partial charge >= 0.3 is 0 Å². The Morgan fingerprint density at radius 1 is 1.21 bits per heavy atom. The second-order valence-electron chi connectivity index (χ2n) is 5.87. The van der Waals surface area contributed by atoms with Crippen molar-refractivity contribution in [2.24, 2.45) is 5.92 Å². The van der Waals surface area contributed by atoms with E-state index in [4.69, 9.17) is 14.2 Å². The first-order valence-corrected chi connectivity index (χ1v) is 8.02. The third kappa shape index (κ3) is 4.01. The average molecular weight is 336 g/mol. The minimum atomic E-state index is -0.475. The molecule has 130 valence electrons. The van der Waals surface area contributed by atoms with Crippen molar-refractivity contribution in [1.29, 1.82) is 0 Å². The first-order chi connectivity index (χ1) is 11.6. The number of rotatable bonds is 5. The summed E-state index contributed by atoms with van der Waals surface area (Å²) >= 11 is 0. The molecule has 0 bridgehead atoms. The van der Waals surface area contributed by atoms with E-state index in [2.05, 4.69) is 0 Å². The van der Waals surface area contributed by atoms with Gasteiger partial charge in [-0.1, -0.05) is 0 Å². The quantitative estimate of drug-likeness (QED) is 0.599. The smallest absolute Gasteiger partial charge is 0.269 e. The van der Waals surface area contributed by atoms with Crippen LogP contribution in [0.5, 0.6) is 5.75 Å². The predicted octanol–water partition coefficient (Wildman–Crippen LogP) is 1.59. The summed E-state index contributed by atoms with van der Waals surface area (Å²) in [6.07, 6.45) is 1.58. The molecule has 0 spiro atoms. The monoisotopic (exact) mass is 336 g/mol. The first-order valence-electron chi connectivity index (χ1n) is 8.02. The van der Waals surface area contributed by atoms with Gasteiger partial charge < -0.3 is 19.1 Å². The minimum Gasteiger partial charge on any atom is -0.484 e. The lowest BCUT2D eigenvalue weighted by Crippen LogP contribution is -2.43. The first kappa shape index (κ1) is 16.7. The maximum atomic E-state index is 12.2. The van der Waals surface area contributed by atoms with Crippen LogP contribution in [0, 0.1) is 16.0 Å². The SMILES string of the molecule is O=C(COc1ccc([N+](=O)[O-])cc1)N1CCC(C2OCCO2)CC1. The van der Waals surface area contributed by atoms with Crippen LogP contribution >= 0.6 is 0 Å². The van der Waals surface area contributed by atoms with E-state index in [1.165, 1.54) is 24.3 Å². The Balaban J connectivity index is 1.43. The Bertz CT molecular complexity index is 577. The van der Waals surface area contributed by atoms with E-state index >= 15 is 0 Å². The van der Waals surface area contributed by atoms with Gasteiger partial charge in [-0.25, -0.2) is 0 Å². The molecule has 2 heterocycles. The van der Waals surface area contributed by atoms with Crippen LogP contribution < -0.4 is 4.74 Å². The molecule has 1 aromatic rings. The Morgan fingerprint density at radius 2 is 1.83 bits per heavy atom. The second kappa shape index (κ2) is 7.59. The number of likely N-dealkylation sites (tertiary alicyclic amines) is 1. The molecular formula is C16H20N2O6. The number of nitrogens with zero attached hydrogens (tertiary/aromatic N) is 2. The Labute approximate surface area is 139 Å². The Kier molecular flexibility index (Phi) is 5.27. The molecule has 24 heavy (non-hydrogen) atoms. The van der Waals surface area contributed by atoms with Crippen molar-refractivity contribution in [3.05, 3.63) is 34.4 Å². The molecule has 2 aliphatic rings. The van der Waals surface area contributed by atoms with Crippen LogP contribution in [0.1, 0.15) is 12.8 Å². The van der Waals surface area contributed by atoms with Crippen LogP contribution in [0.25, 0.3) is 0 Å². The largest absolute Gasteiger partial charge is 0.484 e. The highest BCUT2D eigenvalue weighted by Crippen LogP contribution is 2.26. The molecule has 8 nitrogen and oxygen atoms in total. The summed E-state index contributed by atoms with van der Waals surface area (Å²) in [7, 11) is 0. The molecule has 1 aromatic carbocycles. The number of hydrogen-bond donors (Lipinski definition) is 0. The molecule has 0 aromatic heterocycles. The van der Waals surface area contributed by atoms with E-state index in [-0.39, 0.29) is 24.5 Å². The summed E-state index contributed by atoms with van der Waals surface area (Å²) in [4.78, 5) is 24.1. The van der Waals surface area contributed by atoms with Crippen molar-refractivity contribution < 1.29 is 23.9 Å². The number of ether oxygens (including phenoxy) is 3. The predicted molar refractivity (Wildman–Crippen MR) is 83.6 cm³/mol. The number of nitro benzene ring substituents is 1. The Hall–Kier alpha value is -2.19. The highest BCUT2D eigenvalue weighted by molar-refractivity contribution is 5.77. The summed E-state index contributed by atoms with van der Waals surface area (Å²) in [5.74, 6) is 0.698. The third-order valence-electron chi connectivity index (χ3n) is 4.33. The minimum absolute atomic E-state index is 0.00732. The maximum Gasteiger partial charge on any atom is 0.269 e. The number of hydrogen-bond acceptors (Lipinski definition) is 6. The van der Waals surface area contributed by atoms with E-state index in [0.717, 1.165) is 12.8 Å². The van der Waals surface area contributed by atoms with Crippen LogP contribution in [0.2, 0.25) is 0 Å². The van der Waals surface area contributed by atoms with Crippen molar-refractivity contribution in [3.63, 3.8) is 0 Å². The highest BCUT2D eigenvalue weighted by atomic mass is 16.7. The molecule has 0 saturated carbocycles. The molecule has 2 fully saturated rings. The van der Waals surface area contributed by atoms with Crippen LogP contribution in [0.15, 0.2) is 24.3 Å². The summed E-state index contributed by atoms with van der Waals surface area (Å²) in [6, 6.07) is 5.69. The molecule has 0 N–H and O–H groups in total. The average Bonchev–Trinajstić information content (AvgIpc) is 3.15. The van der Waals surface area contributed by atoms with E-state index in [0.29, 0.717) is 38.0 Å². The number of carbonyl (C=O) groups is 1. The van der Waals surface area contributed by atoms with Gasteiger partial charge in [0.2, 0.25) is 0 Å². The zero-order chi connectivity index (χ0) is 16.9. The summed E-state index contributed by atoms with van der Waals surface area (Å²) in [6.45, 7) is 2.55. The zero-order valence-electron chi connectivity index (χ0n) is 13.3. The summed E-state index contributed by atoms with van der Waals surface area (Å²) in [5, 5.41) is 10.6. The zero-order valence-corrected chi connectivity index (χ0v) is 13.3. The van der Waals surface area contributed by atoms with Crippen LogP contribution in [0.4, 0.5) is 5.69 Å². The number of carbonyl (C=O) groups excluding carboxylic acids is 1. The van der Waals surface area contributed by atoms with Crippen molar-refractivity contribution in [1.82, 2.24) is 4.90 Å². The molecular weight excluding hydrogens is 316 g/mol. The number of nitro groups is 1. The number of piperidine rings is 1. The lowest BCUT2D eigenvalue weighted by atomic mass is 9.96. The fourth-order valence-corrected chi connectivity index (χ4v) is 2.97. The molecule has 0 radical (unpaired) electrons. The second-order valence-corrected chi connectivity index (χ2v) is 5.87. The van der Waals surface area contributed by atoms with Gasteiger partial charge in [0.05, 0.1) is 18.1 Å². The van der Waals surface area contributed by atoms with Crippen LogP contribution in [-0.2, 0) is 14.3 Å². The van der Waals surface area contributed by atoms with Gasteiger partial charge in [-0.3, -0.25) is 14.9 Å². The third-order valence-corrected chi connectivity index (χ3v) is 4.33. The van der Waals surface area contributed by atoms with E-state index in [9.17, 15) is 14.9 Å². The van der Waals surface area contributed by atoms with Gasteiger partial charge in [-0.2, -0.15) is 0 Å². The fourth-order valence-electron chi connectivity index (χ4n) is 2.97. The molecule has 0 unspecified atom stereocenters. The van der Waals surface area contributed by atoms with Crippen LogP contribution in [-0.4, -0.2) is 54.9 Å². The lowest BCUT2D eigenvalue weighted by molar-refractivity contribution is -0.384. The van der Waals surface area contributed by atoms with Gasteiger partial charge in [-0.05, 0) is 25.0 Å². The molecule has 1 amide bonds. The molecule has 0 atom stereocenters. The number of non-ortho nitro benzene ring substituents is 1. The molecule has 8 heteroatoms. The van der Waals surface area contributed by atoms with E-state index in [1.807, 2.05) is 0 Å². The maximum absolute atomic E-state index is 12.2. The van der Waals surface area contributed by atoms with E-state index < -0.39 is 4.92 Å². The van der Waals surface area contributed by atoms with Gasteiger partial charge in [0.15, 0.2) is 12.9 Å². The number of benzene rings is 1. The van der Waals surface area contributed by atoms with Gasteiger partial charge in [-0.15, -0.1) is 0 Å². The fraction of sp³-hybridized carbons (Fsp3) is 0.562. The van der Waals surface area contributed by atoms with Crippen molar-refractivity contribution in [2.45, 2.75) is 19.1 Å². The standard InChI is InChI=1S/C16H20N2O6/c19-15(11-24-14-3-1-13(2-4-14)18(20)21)17-7-5-12(6-8-17)16-22-9-10-23-16/h1-4,12,16H,5-11H2. The van der Waals surface area contributed by atoms with Crippen LogP contribution in [0.3, 0.4) is 0 Å². The van der Waals surface area contributed by atoms with Crippen molar-refractivity contribution >= 4 is 11.6 Å². The lowest BCUT2D eigenvalue weighted by Gasteiger charge is -2.33. The molecule has 2 aliphatic heterocycles. The number of amides is 1. The summed E-state index contributed by atoms with van der Waals surface area (Å²) in [5.41, 5.74) is -0.00732. The van der Waals surface area contributed by atoms with Crippen molar-refractivity contribution in [2.75, 3.05) is 32.9 Å². The van der Waals surface area contributed by atoms with Gasteiger partial charge in [0, 0.05) is 31.1 Å².